The summed E-state index contributed by atoms with van der Waals surface area (Å²) in [6, 6.07) is 14.3. The molecule has 4 rings (SSSR count). The minimum absolute atomic E-state index is 0.201. The van der Waals surface area contributed by atoms with Gasteiger partial charge in [-0.3, -0.25) is 9.20 Å². The Balaban J connectivity index is 1.50. The molecule has 8 nitrogen and oxygen atoms in total. The fourth-order valence-electron chi connectivity index (χ4n) is 2.73. The summed E-state index contributed by atoms with van der Waals surface area (Å²) in [7, 11) is 0. The Kier molecular flexibility index (Phi) is 4.44. The number of benzene rings is 1. The lowest BCUT2D eigenvalue weighted by Crippen LogP contribution is -2.28. The predicted molar refractivity (Wildman–Crippen MR) is 101 cm³/mol. The Morgan fingerprint density at radius 2 is 1.89 bits per heavy atom. The zero-order valence-electron chi connectivity index (χ0n) is 14.6. The van der Waals surface area contributed by atoms with Crippen LogP contribution in [0.4, 0.5) is 11.6 Å². The molecule has 0 radical (unpaired) electrons. The molecule has 27 heavy (non-hydrogen) atoms. The highest BCUT2D eigenvalue weighted by Crippen LogP contribution is 2.16. The molecule has 3 aromatic heterocycles. The number of hydrogen-bond acceptors (Lipinski definition) is 6. The minimum atomic E-state index is -0.302. The van der Waals surface area contributed by atoms with Gasteiger partial charge < -0.3 is 10.6 Å². The molecule has 0 saturated carbocycles. The summed E-state index contributed by atoms with van der Waals surface area (Å²) in [6.45, 7) is 1.88. The lowest BCUT2D eigenvalue weighted by Gasteiger charge is -2.13. The quantitative estimate of drug-likeness (QED) is 0.569. The average molecular weight is 359 g/mol. The minimum Gasteiger partial charge on any atom is -0.342 e. The molecule has 0 spiro atoms. The number of aromatic nitrogens is 5. The van der Waals surface area contributed by atoms with Gasteiger partial charge in [-0.1, -0.05) is 12.1 Å². The highest BCUT2D eigenvalue weighted by atomic mass is 16.1. The number of hydrogen-bond donors (Lipinski definition) is 2. The van der Waals surface area contributed by atoms with Crippen LogP contribution in [0.15, 0.2) is 67.1 Å². The second kappa shape index (κ2) is 7.20. The van der Waals surface area contributed by atoms with Gasteiger partial charge in [0.1, 0.15) is 0 Å². The molecule has 4 aromatic rings. The molecule has 1 aromatic carbocycles. The van der Waals surface area contributed by atoms with Gasteiger partial charge in [-0.2, -0.15) is 0 Å². The smallest absolute Gasteiger partial charge is 0.251 e. The molecule has 3 heterocycles. The van der Waals surface area contributed by atoms with Gasteiger partial charge in [0.05, 0.1) is 6.04 Å². The number of fused-ring (bicyclic) bond motifs is 1. The van der Waals surface area contributed by atoms with Crippen molar-refractivity contribution in [3.05, 3.63) is 78.5 Å². The number of anilines is 2. The third-order valence-corrected chi connectivity index (χ3v) is 4.02. The van der Waals surface area contributed by atoms with E-state index in [9.17, 15) is 4.79 Å². The maximum absolute atomic E-state index is 12.7. The number of carbonyl (C=O) groups excluding carboxylic acids is 1. The largest absolute Gasteiger partial charge is 0.342 e. The molecule has 0 saturated heterocycles. The standard InChI is InChI=1S/C19H17N7O/c1-13(17-25-24-16-8-2-3-11-26(16)17)22-18(27)14-6-4-7-15(12-14)23-19-20-9-5-10-21-19/h2-13H,1H3,(H,22,27)(H,20,21,23)/t13-/m0/s1. The molecule has 0 aliphatic heterocycles. The van der Waals surface area contributed by atoms with Crippen molar-refractivity contribution in [1.29, 1.82) is 0 Å². The van der Waals surface area contributed by atoms with Crippen LogP contribution in [0.5, 0.6) is 0 Å². The summed E-state index contributed by atoms with van der Waals surface area (Å²) in [4.78, 5) is 20.9. The third-order valence-electron chi connectivity index (χ3n) is 4.02. The fourth-order valence-corrected chi connectivity index (χ4v) is 2.73. The van der Waals surface area contributed by atoms with Crippen LogP contribution < -0.4 is 10.6 Å². The Hall–Kier alpha value is -3.81. The van der Waals surface area contributed by atoms with E-state index in [1.165, 1.54) is 0 Å². The van der Waals surface area contributed by atoms with Crippen LogP contribution in [0.2, 0.25) is 0 Å². The van der Waals surface area contributed by atoms with Crippen molar-refractivity contribution in [3.63, 3.8) is 0 Å². The lowest BCUT2D eigenvalue weighted by molar-refractivity contribution is 0.0938. The summed E-state index contributed by atoms with van der Waals surface area (Å²) in [5.74, 6) is 0.942. The first-order chi connectivity index (χ1) is 13.2. The number of carbonyl (C=O) groups is 1. The van der Waals surface area contributed by atoms with Gasteiger partial charge in [0.25, 0.3) is 5.91 Å². The zero-order chi connectivity index (χ0) is 18.6. The van der Waals surface area contributed by atoms with Crippen molar-refractivity contribution in [1.82, 2.24) is 29.9 Å². The summed E-state index contributed by atoms with van der Waals surface area (Å²) in [5, 5.41) is 14.3. The first kappa shape index (κ1) is 16.6. The third kappa shape index (κ3) is 3.59. The van der Waals surface area contributed by atoms with Crippen LogP contribution in [-0.2, 0) is 0 Å². The van der Waals surface area contributed by atoms with E-state index in [2.05, 4.69) is 30.8 Å². The molecular formula is C19H17N7O. The Morgan fingerprint density at radius 1 is 1.04 bits per heavy atom. The molecule has 8 heteroatoms. The van der Waals surface area contributed by atoms with Crippen molar-refractivity contribution in [2.45, 2.75) is 13.0 Å². The highest BCUT2D eigenvalue weighted by molar-refractivity contribution is 5.95. The zero-order valence-corrected chi connectivity index (χ0v) is 14.6. The molecule has 0 aliphatic rings. The fraction of sp³-hybridized carbons (Fsp3) is 0.105. The Morgan fingerprint density at radius 3 is 2.74 bits per heavy atom. The second-order valence-electron chi connectivity index (χ2n) is 5.96. The number of amides is 1. The number of nitrogens with zero attached hydrogens (tertiary/aromatic N) is 5. The van der Waals surface area contributed by atoms with Gasteiger partial charge in [-0.05, 0) is 43.3 Å². The number of nitrogens with one attached hydrogen (secondary N) is 2. The van der Waals surface area contributed by atoms with E-state index in [0.717, 1.165) is 11.3 Å². The Labute approximate surface area is 155 Å². The van der Waals surface area contributed by atoms with E-state index in [-0.39, 0.29) is 11.9 Å². The van der Waals surface area contributed by atoms with Gasteiger partial charge >= 0.3 is 0 Å². The Bertz CT molecular complexity index is 1080. The number of pyridine rings is 1. The molecular weight excluding hydrogens is 342 g/mol. The van der Waals surface area contributed by atoms with E-state index in [1.54, 1.807) is 36.7 Å². The lowest BCUT2D eigenvalue weighted by atomic mass is 10.1. The summed E-state index contributed by atoms with van der Waals surface area (Å²) in [5.41, 5.74) is 1.99. The van der Waals surface area contributed by atoms with E-state index in [0.29, 0.717) is 17.3 Å². The normalized spacial score (nSPS) is 11.9. The van der Waals surface area contributed by atoms with Crippen LogP contribution >= 0.6 is 0 Å². The van der Waals surface area contributed by atoms with Gasteiger partial charge in [-0.25, -0.2) is 9.97 Å². The molecule has 1 amide bonds. The van der Waals surface area contributed by atoms with Crippen molar-refractivity contribution >= 4 is 23.2 Å². The molecule has 0 bridgehead atoms. The van der Waals surface area contributed by atoms with Gasteiger partial charge in [0, 0.05) is 29.8 Å². The summed E-state index contributed by atoms with van der Waals surface area (Å²) >= 11 is 0. The van der Waals surface area contributed by atoms with Crippen LogP contribution in [0.1, 0.15) is 29.1 Å². The monoisotopic (exact) mass is 359 g/mol. The second-order valence-corrected chi connectivity index (χ2v) is 5.96. The first-order valence-electron chi connectivity index (χ1n) is 8.45. The van der Waals surface area contributed by atoms with Gasteiger partial charge in [0.15, 0.2) is 11.5 Å². The number of rotatable bonds is 5. The summed E-state index contributed by atoms with van der Waals surface area (Å²) in [6.07, 6.45) is 5.17. The van der Waals surface area contributed by atoms with Crippen LogP contribution in [0.3, 0.4) is 0 Å². The molecule has 2 N–H and O–H groups in total. The topological polar surface area (TPSA) is 97.1 Å². The van der Waals surface area contributed by atoms with E-state index < -0.39 is 0 Å². The first-order valence-corrected chi connectivity index (χ1v) is 8.45. The predicted octanol–water partition coefficient (Wildman–Crippen LogP) is 2.75. The van der Waals surface area contributed by atoms with Crippen LogP contribution in [0.25, 0.3) is 5.65 Å². The summed E-state index contributed by atoms with van der Waals surface area (Å²) < 4.78 is 1.86. The molecule has 1 atom stereocenters. The molecule has 0 aliphatic carbocycles. The molecule has 134 valence electrons. The van der Waals surface area contributed by atoms with Crippen molar-refractivity contribution in [2.24, 2.45) is 0 Å². The van der Waals surface area contributed by atoms with Gasteiger partial charge in [0.2, 0.25) is 5.95 Å². The van der Waals surface area contributed by atoms with Crippen LogP contribution in [-0.4, -0.2) is 30.5 Å². The average Bonchev–Trinajstić information content (AvgIpc) is 3.13. The van der Waals surface area contributed by atoms with Gasteiger partial charge in [-0.15, -0.1) is 10.2 Å². The van der Waals surface area contributed by atoms with Crippen LogP contribution in [0, 0.1) is 0 Å². The SMILES string of the molecule is C[C@H](NC(=O)c1cccc(Nc2ncccn2)c1)c1nnc2ccccn12. The highest BCUT2D eigenvalue weighted by Gasteiger charge is 2.17. The van der Waals surface area contributed by atoms with E-state index in [4.69, 9.17) is 0 Å². The maximum Gasteiger partial charge on any atom is 0.251 e. The maximum atomic E-state index is 12.7. The van der Waals surface area contributed by atoms with E-state index >= 15 is 0 Å². The van der Waals surface area contributed by atoms with Crippen molar-refractivity contribution < 1.29 is 4.79 Å². The van der Waals surface area contributed by atoms with E-state index in [1.807, 2.05) is 41.8 Å². The molecule has 0 unspecified atom stereocenters. The van der Waals surface area contributed by atoms with Crippen molar-refractivity contribution in [2.75, 3.05) is 5.32 Å². The van der Waals surface area contributed by atoms with Crippen molar-refractivity contribution in [3.8, 4) is 0 Å². The molecule has 0 fully saturated rings.